The van der Waals surface area contributed by atoms with Crippen LogP contribution in [0.25, 0.3) is 21.5 Å². The first-order valence-electron chi connectivity index (χ1n) is 13.3. The molecule has 0 saturated carbocycles. The van der Waals surface area contributed by atoms with Crippen molar-refractivity contribution in [3.8, 4) is 5.75 Å². The van der Waals surface area contributed by atoms with E-state index in [1.807, 2.05) is 12.1 Å². The van der Waals surface area contributed by atoms with Crippen molar-refractivity contribution >= 4 is 38.6 Å². The van der Waals surface area contributed by atoms with Crippen molar-refractivity contribution in [3.05, 3.63) is 114 Å². The molecule has 3 nitrogen and oxygen atoms in total. The molecule has 1 N–H and O–H groups in total. The molecule has 0 unspecified atom stereocenters. The van der Waals surface area contributed by atoms with Gasteiger partial charge in [-0.05, 0) is 71.3 Å². The molecule has 3 heteroatoms. The van der Waals surface area contributed by atoms with Crippen LogP contribution >= 0.6 is 0 Å². The molecule has 4 aromatic carbocycles. The van der Waals surface area contributed by atoms with Crippen molar-refractivity contribution < 1.29 is 9.68 Å². The van der Waals surface area contributed by atoms with Crippen LogP contribution in [0.3, 0.4) is 0 Å². The highest BCUT2D eigenvalue weighted by Gasteiger charge is 2.44. The summed E-state index contributed by atoms with van der Waals surface area (Å²) in [5.41, 5.74) is 7.39. The molecule has 0 atom stereocenters. The van der Waals surface area contributed by atoms with Crippen LogP contribution in [0.2, 0.25) is 0 Å². The Morgan fingerprint density at radius 3 is 2.29 bits per heavy atom. The van der Waals surface area contributed by atoms with Crippen LogP contribution in [0.1, 0.15) is 38.8 Å². The van der Waals surface area contributed by atoms with E-state index >= 15 is 0 Å². The molecule has 4 aromatic rings. The third-order valence-corrected chi connectivity index (χ3v) is 8.60. The lowest BCUT2D eigenvalue weighted by Gasteiger charge is -2.24. The van der Waals surface area contributed by atoms with Crippen molar-refractivity contribution in [3.63, 3.8) is 0 Å². The fourth-order valence-electron chi connectivity index (χ4n) is 6.78. The molecule has 6 rings (SSSR count). The van der Waals surface area contributed by atoms with Crippen molar-refractivity contribution in [1.29, 1.82) is 0 Å². The highest BCUT2D eigenvalue weighted by atomic mass is 16.3. The van der Waals surface area contributed by atoms with Crippen LogP contribution in [0.15, 0.2) is 103 Å². The quantitative estimate of drug-likeness (QED) is 0.227. The minimum atomic E-state index is -0.184. The van der Waals surface area contributed by atoms with Crippen molar-refractivity contribution in [2.24, 2.45) is 0 Å². The monoisotopic (exact) mass is 499 g/mol. The molecule has 190 valence electrons. The average Bonchev–Trinajstić information content (AvgIpc) is 3.21. The van der Waals surface area contributed by atoms with Gasteiger partial charge < -0.3 is 10.0 Å². The second-order valence-corrected chi connectivity index (χ2v) is 11.6. The number of anilines is 1. The maximum absolute atomic E-state index is 10.2. The number of hydrogen-bond acceptors (Lipinski definition) is 2. The van der Waals surface area contributed by atoms with Crippen molar-refractivity contribution in [2.45, 2.75) is 38.5 Å². The topological polar surface area (TPSA) is 26.5 Å². The highest BCUT2D eigenvalue weighted by molar-refractivity contribution is 6.07. The number of allylic oxidation sites excluding steroid dienone is 6. The number of hydrogen-bond donors (Lipinski definition) is 1. The average molecular weight is 500 g/mol. The highest BCUT2D eigenvalue weighted by Crippen LogP contribution is 2.50. The summed E-state index contributed by atoms with van der Waals surface area (Å²) in [5.74, 6) is 0.305. The number of rotatable bonds is 3. The first-order valence-corrected chi connectivity index (χ1v) is 13.3. The molecule has 0 amide bonds. The Morgan fingerprint density at radius 2 is 1.47 bits per heavy atom. The van der Waals surface area contributed by atoms with Gasteiger partial charge in [-0.2, -0.15) is 4.58 Å². The Morgan fingerprint density at radius 1 is 0.763 bits per heavy atom. The molecular formula is C35H35N2O+. The predicted octanol–water partition coefficient (Wildman–Crippen LogP) is 8.13. The Hall–Kier alpha value is -4.11. The number of likely N-dealkylation sites (N-methyl/N-ethyl adjacent to an activating group) is 1. The molecule has 0 radical (unpaired) electrons. The zero-order valence-electron chi connectivity index (χ0n) is 23.1. The Bertz CT molecular complexity index is 1750. The minimum absolute atomic E-state index is 0.0876. The van der Waals surface area contributed by atoms with Crippen LogP contribution in [0.5, 0.6) is 5.75 Å². The lowest BCUT2D eigenvalue weighted by atomic mass is 9.79. The fourth-order valence-corrected chi connectivity index (χ4v) is 6.78. The second-order valence-electron chi connectivity index (χ2n) is 11.6. The normalized spacial score (nSPS) is 19.0. The van der Waals surface area contributed by atoms with E-state index in [9.17, 15) is 5.11 Å². The van der Waals surface area contributed by atoms with Gasteiger partial charge in [-0.25, -0.2) is 0 Å². The van der Waals surface area contributed by atoms with Crippen molar-refractivity contribution in [1.82, 2.24) is 0 Å². The van der Waals surface area contributed by atoms with Gasteiger partial charge in [0.15, 0.2) is 5.71 Å². The van der Waals surface area contributed by atoms with Gasteiger partial charge in [0.25, 0.3) is 0 Å². The Balaban J connectivity index is 1.30. The standard InChI is InChI=1S/C35H34N2O/c1-34(2)30(36(5)28-20-17-23-12-10-11-13-26(23)32(28)34)14-8-7-9-15-31-35(3,4)33-27-22-25(38)19-16-24(27)18-21-29(33)37(31)6/h7-22H,1-6H3/p+1. The minimum Gasteiger partial charge on any atom is -0.508 e. The first-order chi connectivity index (χ1) is 18.1. The van der Waals surface area contributed by atoms with Gasteiger partial charge in [0.2, 0.25) is 5.69 Å². The van der Waals surface area contributed by atoms with Gasteiger partial charge in [-0.3, -0.25) is 0 Å². The third-order valence-electron chi connectivity index (χ3n) is 8.60. The zero-order valence-corrected chi connectivity index (χ0v) is 23.1. The molecule has 2 heterocycles. The van der Waals surface area contributed by atoms with Crippen LogP contribution in [0, 0.1) is 0 Å². The number of nitrogens with zero attached hydrogens (tertiary/aromatic N) is 2. The summed E-state index contributed by atoms with van der Waals surface area (Å²) in [6.45, 7) is 9.18. The summed E-state index contributed by atoms with van der Waals surface area (Å²) in [5, 5.41) is 15.0. The van der Waals surface area contributed by atoms with Gasteiger partial charge in [-0.15, -0.1) is 0 Å². The summed E-state index contributed by atoms with van der Waals surface area (Å²) in [6, 6.07) is 23.1. The number of benzene rings is 4. The maximum Gasteiger partial charge on any atom is 0.210 e. The van der Waals surface area contributed by atoms with E-state index in [0.29, 0.717) is 5.75 Å². The summed E-state index contributed by atoms with van der Waals surface area (Å²) in [7, 11) is 4.30. The van der Waals surface area contributed by atoms with E-state index in [2.05, 4.69) is 130 Å². The molecule has 0 spiro atoms. The number of aromatic hydroxyl groups is 1. The SMILES string of the molecule is CN1C(=CC=CC=CC2=[N+](C)c3ccc4ccc(O)cc4c3C2(C)C)C(C)(C)c2c1ccc1ccccc21. The molecule has 0 aromatic heterocycles. The lowest BCUT2D eigenvalue weighted by Crippen LogP contribution is -2.26. The molecule has 0 aliphatic carbocycles. The van der Waals surface area contributed by atoms with Gasteiger partial charge in [0, 0.05) is 41.6 Å². The first kappa shape index (κ1) is 24.2. The van der Waals surface area contributed by atoms with Gasteiger partial charge in [-0.1, -0.05) is 68.5 Å². The molecule has 2 aliphatic heterocycles. The summed E-state index contributed by atoms with van der Waals surface area (Å²) < 4.78 is 2.28. The number of phenols is 1. The summed E-state index contributed by atoms with van der Waals surface area (Å²) >= 11 is 0. The van der Waals surface area contributed by atoms with E-state index < -0.39 is 0 Å². The number of phenolic OH excluding ortho intramolecular Hbond substituents is 1. The molecule has 0 saturated heterocycles. The lowest BCUT2D eigenvalue weighted by molar-refractivity contribution is -0.401. The summed E-state index contributed by atoms with van der Waals surface area (Å²) in [6.07, 6.45) is 10.9. The van der Waals surface area contributed by atoms with Crippen LogP contribution in [0.4, 0.5) is 11.4 Å². The van der Waals surface area contributed by atoms with Gasteiger partial charge in [0.1, 0.15) is 12.8 Å². The summed E-state index contributed by atoms with van der Waals surface area (Å²) in [4.78, 5) is 2.33. The van der Waals surface area contributed by atoms with E-state index in [1.54, 1.807) is 6.07 Å². The number of fused-ring (bicyclic) bond motifs is 6. The largest absolute Gasteiger partial charge is 0.508 e. The molecule has 0 fully saturated rings. The predicted molar refractivity (Wildman–Crippen MR) is 161 cm³/mol. The molecule has 0 bridgehead atoms. The van der Waals surface area contributed by atoms with Crippen molar-refractivity contribution in [2.75, 3.05) is 19.0 Å². The van der Waals surface area contributed by atoms with E-state index in [-0.39, 0.29) is 10.8 Å². The van der Waals surface area contributed by atoms with E-state index in [4.69, 9.17) is 0 Å². The van der Waals surface area contributed by atoms with Crippen LogP contribution in [-0.2, 0) is 10.8 Å². The van der Waals surface area contributed by atoms with E-state index in [0.717, 1.165) is 10.8 Å². The molecule has 38 heavy (non-hydrogen) atoms. The van der Waals surface area contributed by atoms with E-state index in [1.165, 1.54) is 44.7 Å². The molecular weight excluding hydrogens is 464 g/mol. The van der Waals surface area contributed by atoms with Gasteiger partial charge in [0.05, 0.1) is 5.41 Å². The molecule has 2 aliphatic rings. The maximum atomic E-state index is 10.2. The third kappa shape index (κ3) is 3.45. The zero-order chi connectivity index (χ0) is 26.8. The van der Waals surface area contributed by atoms with Crippen LogP contribution < -0.4 is 4.90 Å². The fraction of sp³-hybridized carbons (Fsp3) is 0.229. The smallest absolute Gasteiger partial charge is 0.210 e. The van der Waals surface area contributed by atoms with Gasteiger partial charge >= 0.3 is 0 Å². The Kier molecular flexibility index (Phi) is 5.39. The Labute approximate surface area is 225 Å². The van der Waals surface area contributed by atoms with Crippen LogP contribution in [-0.4, -0.2) is 29.5 Å². The second kappa shape index (κ2) is 8.46.